The van der Waals surface area contributed by atoms with Crippen molar-refractivity contribution >= 4 is 0 Å². The van der Waals surface area contributed by atoms with Crippen LogP contribution in [0.4, 0.5) is 0 Å². The predicted octanol–water partition coefficient (Wildman–Crippen LogP) is 2.50. The minimum absolute atomic E-state index is 0.742. The van der Waals surface area contributed by atoms with Crippen molar-refractivity contribution in [3.8, 4) is 0 Å². The molecule has 1 heterocycles. The number of rotatable bonds is 6. The monoisotopic (exact) mass is 212 g/mol. The molecule has 2 heteroatoms. The van der Waals surface area contributed by atoms with Gasteiger partial charge in [0.15, 0.2) is 0 Å². The SMILES string of the molecule is CCCC1CC(NCC)CN(CCC)C1. The molecular weight excluding hydrogens is 184 g/mol. The van der Waals surface area contributed by atoms with Crippen molar-refractivity contribution in [2.24, 2.45) is 5.92 Å². The summed E-state index contributed by atoms with van der Waals surface area (Å²) in [5.41, 5.74) is 0. The van der Waals surface area contributed by atoms with E-state index in [1.54, 1.807) is 0 Å². The molecule has 0 aliphatic carbocycles. The third-order valence-corrected chi connectivity index (χ3v) is 3.34. The standard InChI is InChI=1S/C13H28N2/c1-4-7-12-9-13(14-6-3)11-15(10-12)8-5-2/h12-14H,4-11H2,1-3H3. The molecule has 1 rings (SSSR count). The summed E-state index contributed by atoms with van der Waals surface area (Å²) in [6.07, 6.45) is 5.42. The largest absolute Gasteiger partial charge is 0.313 e. The minimum atomic E-state index is 0.742. The number of nitrogens with zero attached hydrogens (tertiary/aromatic N) is 1. The van der Waals surface area contributed by atoms with Crippen molar-refractivity contribution in [1.82, 2.24) is 10.2 Å². The van der Waals surface area contributed by atoms with Gasteiger partial charge in [-0.15, -0.1) is 0 Å². The Kier molecular flexibility index (Phi) is 6.26. The van der Waals surface area contributed by atoms with Crippen LogP contribution in [0.1, 0.15) is 46.5 Å². The molecule has 2 unspecified atom stereocenters. The maximum atomic E-state index is 3.62. The van der Waals surface area contributed by atoms with Crippen LogP contribution in [0.5, 0.6) is 0 Å². The molecule has 0 spiro atoms. The molecule has 0 saturated carbocycles. The summed E-state index contributed by atoms with van der Waals surface area (Å²) in [5, 5.41) is 3.62. The fourth-order valence-corrected chi connectivity index (χ4v) is 2.86. The lowest BCUT2D eigenvalue weighted by molar-refractivity contribution is 0.136. The van der Waals surface area contributed by atoms with E-state index in [-0.39, 0.29) is 0 Å². The Morgan fingerprint density at radius 1 is 1.13 bits per heavy atom. The quantitative estimate of drug-likeness (QED) is 0.728. The fraction of sp³-hybridized carbons (Fsp3) is 1.00. The van der Waals surface area contributed by atoms with Gasteiger partial charge in [-0.25, -0.2) is 0 Å². The number of nitrogens with one attached hydrogen (secondary N) is 1. The normalized spacial score (nSPS) is 28.2. The van der Waals surface area contributed by atoms with Crippen LogP contribution < -0.4 is 5.32 Å². The van der Waals surface area contributed by atoms with E-state index in [0.29, 0.717) is 0 Å². The second-order valence-corrected chi connectivity index (χ2v) is 4.90. The van der Waals surface area contributed by atoms with Gasteiger partial charge in [-0.1, -0.05) is 27.2 Å². The second-order valence-electron chi connectivity index (χ2n) is 4.90. The summed E-state index contributed by atoms with van der Waals surface area (Å²) in [7, 11) is 0. The number of likely N-dealkylation sites (tertiary alicyclic amines) is 1. The predicted molar refractivity (Wildman–Crippen MR) is 67.2 cm³/mol. The topological polar surface area (TPSA) is 15.3 Å². The van der Waals surface area contributed by atoms with E-state index in [9.17, 15) is 0 Å². The average Bonchev–Trinajstić information content (AvgIpc) is 2.19. The molecule has 0 aromatic rings. The maximum absolute atomic E-state index is 3.62. The van der Waals surface area contributed by atoms with Crippen molar-refractivity contribution in [2.75, 3.05) is 26.2 Å². The number of hydrogen-bond acceptors (Lipinski definition) is 2. The van der Waals surface area contributed by atoms with Crippen molar-refractivity contribution in [2.45, 2.75) is 52.5 Å². The van der Waals surface area contributed by atoms with Crippen LogP contribution in [-0.2, 0) is 0 Å². The van der Waals surface area contributed by atoms with Gasteiger partial charge in [0.05, 0.1) is 0 Å². The summed E-state index contributed by atoms with van der Waals surface area (Å²) in [4.78, 5) is 2.65. The molecule has 0 amide bonds. The Hall–Kier alpha value is -0.0800. The van der Waals surface area contributed by atoms with Crippen LogP contribution in [-0.4, -0.2) is 37.1 Å². The van der Waals surface area contributed by atoms with Crippen molar-refractivity contribution in [3.63, 3.8) is 0 Å². The molecule has 1 aliphatic rings. The third kappa shape index (κ3) is 4.52. The molecule has 15 heavy (non-hydrogen) atoms. The Morgan fingerprint density at radius 2 is 1.93 bits per heavy atom. The summed E-state index contributed by atoms with van der Waals surface area (Å²) < 4.78 is 0. The van der Waals surface area contributed by atoms with Gasteiger partial charge in [0.1, 0.15) is 0 Å². The van der Waals surface area contributed by atoms with Gasteiger partial charge >= 0.3 is 0 Å². The third-order valence-electron chi connectivity index (χ3n) is 3.34. The molecule has 2 atom stereocenters. The van der Waals surface area contributed by atoms with Gasteiger partial charge in [0.25, 0.3) is 0 Å². The smallest absolute Gasteiger partial charge is 0.0198 e. The second kappa shape index (κ2) is 7.24. The zero-order valence-electron chi connectivity index (χ0n) is 10.8. The number of hydrogen-bond donors (Lipinski definition) is 1. The molecule has 1 N–H and O–H groups in total. The molecule has 1 aliphatic heterocycles. The highest BCUT2D eigenvalue weighted by Gasteiger charge is 2.25. The van der Waals surface area contributed by atoms with Crippen LogP contribution >= 0.6 is 0 Å². The first-order chi connectivity index (χ1) is 7.30. The highest BCUT2D eigenvalue weighted by molar-refractivity contribution is 4.82. The van der Waals surface area contributed by atoms with Gasteiger partial charge in [0, 0.05) is 19.1 Å². The Bertz CT molecular complexity index is 124. The molecular formula is C13H28N2. The Balaban J connectivity index is 2.40. The van der Waals surface area contributed by atoms with Crippen LogP contribution in [0.25, 0.3) is 0 Å². The molecule has 0 aromatic carbocycles. The summed E-state index contributed by atoms with van der Waals surface area (Å²) in [6, 6.07) is 0.742. The first-order valence-corrected chi connectivity index (χ1v) is 6.75. The minimum Gasteiger partial charge on any atom is -0.313 e. The molecule has 2 nitrogen and oxygen atoms in total. The molecule has 0 bridgehead atoms. The van der Waals surface area contributed by atoms with Crippen molar-refractivity contribution in [1.29, 1.82) is 0 Å². The Morgan fingerprint density at radius 3 is 2.53 bits per heavy atom. The molecule has 0 aromatic heterocycles. The van der Waals surface area contributed by atoms with Gasteiger partial charge in [-0.2, -0.15) is 0 Å². The van der Waals surface area contributed by atoms with E-state index in [1.807, 2.05) is 0 Å². The van der Waals surface area contributed by atoms with Crippen molar-refractivity contribution in [3.05, 3.63) is 0 Å². The number of piperidine rings is 1. The lowest BCUT2D eigenvalue weighted by Crippen LogP contribution is -2.49. The summed E-state index contributed by atoms with van der Waals surface area (Å²) in [6.45, 7) is 11.8. The molecule has 1 saturated heterocycles. The van der Waals surface area contributed by atoms with E-state index in [1.165, 1.54) is 45.3 Å². The van der Waals surface area contributed by atoms with Gasteiger partial charge < -0.3 is 10.2 Å². The van der Waals surface area contributed by atoms with Gasteiger partial charge in [0.2, 0.25) is 0 Å². The van der Waals surface area contributed by atoms with E-state index < -0.39 is 0 Å². The first kappa shape index (κ1) is 13.0. The highest BCUT2D eigenvalue weighted by Crippen LogP contribution is 2.21. The lowest BCUT2D eigenvalue weighted by Gasteiger charge is -2.38. The lowest BCUT2D eigenvalue weighted by atomic mass is 9.90. The number of likely N-dealkylation sites (N-methyl/N-ethyl adjacent to an activating group) is 1. The first-order valence-electron chi connectivity index (χ1n) is 6.75. The van der Waals surface area contributed by atoms with Crippen LogP contribution in [0.3, 0.4) is 0 Å². The van der Waals surface area contributed by atoms with E-state index in [0.717, 1.165) is 18.5 Å². The summed E-state index contributed by atoms with van der Waals surface area (Å²) >= 11 is 0. The molecule has 0 radical (unpaired) electrons. The van der Waals surface area contributed by atoms with Crippen molar-refractivity contribution < 1.29 is 0 Å². The fourth-order valence-electron chi connectivity index (χ4n) is 2.86. The summed E-state index contributed by atoms with van der Waals surface area (Å²) in [5.74, 6) is 0.930. The van der Waals surface area contributed by atoms with Crippen LogP contribution in [0, 0.1) is 5.92 Å². The zero-order valence-corrected chi connectivity index (χ0v) is 10.8. The van der Waals surface area contributed by atoms with Gasteiger partial charge in [-0.05, 0) is 38.3 Å². The van der Waals surface area contributed by atoms with Crippen LogP contribution in [0.15, 0.2) is 0 Å². The van der Waals surface area contributed by atoms with E-state index >= 15 is 0 Å². The molecule has 1 fully saturated rings. The van der Waals surface area contributed by atoms with Gasteiger partial charge in [-0.3, -0.25) is 0 Å². The zero-order chi connectivity index (χ0) is 11.1. The highest BCUT2D eigenvalue weighted by atomic mass is 15.2. The maximum Gasteiger partial charge on any atom is 0.0198 e. The van der Waals surface area contributed by atoms with Crippen LogP contribution in [0.2, 0.25) is 0 Å². The molecule has 90 valence electrons. The Labute approximate surface area is 95.4 Å². The van der Waals surface area contributed by atoms with E-state index in [4.69, 9.17) is 0 Å². The average molecular weight is 212 g/mol. The van der Waals surface area contributed by atoms with E-state index in [2.05, 4.69) is 31.0 Å².